The summed E-state index contributed by atoms with van der Waals surface area (Å²) in [7, 11) is 5.77. The molecule has 154 valence electrons. The fourth-order valence-electron chi connectivity index (χ4n) is 3.94. The van der Waals surface area contributed by atoms with Gasteiger partial charge in [0, 0.05) is 46.3 Å². The standard InChI is InChI=1S/C24H32N4O/c1-25-23(27(2)3)22-11-9-21(10-12-22)18-26-24(29)28-15-13-20(14-16-28)17-19-7-5-4-6-8-19/h4-12,20H,13-18H2,1-3H3,(H,26,29). The molecule has 3 rings (SSSR count). The van der Waals surface area contributed by atoms with E-state index < -0.39 is 0 Å². The minimum atomic E-state index is 0.0383. The van der Waals surface area contributed by atoms with E-state index in [1.807, 2.05) is 23.9 Å². The summed E-state index contributed by atoms with van der Waals surface area (Å²) in [5, 5.41) is 3.06. The summed E-state index contributed by atoms with van der Waals surface area (Å²) in [6.07, 6.45) is 3.25. The molecule has 29 heavy (non-hydrogen) atoms. The van der Waals surface area contributed by atoms with E-state index in [0.717, 1.165) is 49.3 Å². The van der Waals surface area contributed by atoms with Crippen LogP contribution in [0.3, 0.4) is 0 Å². The molecule has 2 aromatic carbocycles. The van der Waals surface area contributed by atoms with E-state index in [-0.39, 0.29) is 6.03 Å². The van der Waals surface area contributed by atoms with Crippen LogP contribution in [0.25, 0.3) is 0 Å². The minimum absolute atomic E-state index is 0.0383. The number of amides is 2. The summed E-state index contributed by atoms with van der Waals surface area (Å²) in [5.74, 6) is 1.61. The van der Waals surface area contributed by atoms with E-state index in [4.69, 9.17) is 0 Å². The number of carbonyl (C=O) groups excluding carboxylic acids is 1. The predicted molar refractivity (Wildman–Crippen MR) is 119 cm³/mol. The molecule has 1 saturated heterocycles. The Kier molecular flexibility index (Phi) is 7.28. The topological polar surface area (TPSA) is 47.9 Å². The van der Waals surface area contributed by atoms with Crippen molar-refractivity contribution in [3.63, 3.8) is 0 Å². The van der Waals surface area contributed by atoms with Gasteiger partial charge in [0.05, 0.1) is 0 Å². The van der Waals surface area contributed by atoms with Gasteiger partial charge >= 0.3 is 6.03 Å². The summed E-state index contributed by atoms with van der Waals surface area (Å²) in [6.45, 7) is 2.21. The molecule has 1 aliphatic rings. The van der Waals surface area contributed by atoms with E-state index in [9.17, 15) is 4.79 Å². The Balaban J connectivity index is 1.44. The van der Waals surface area contributed by atoms with E-state index in [1.165, 1.54) is 5.56 Å². The molecule has 0 radical (unpaired) electrons. The quantitative estimate of drug-likeness (QED) is 0.622. The molecule has 0 unspecified atom stereocenters. The molecule has 5 nitrogen and oxygen atoms in total. The van der Waals surface area contributed by atoms with Crippen molar-refractivity contribution in [2.75, 3.05) is 34.2 Å². The average Bonchev–Trinajstić information content (AvgIpc) is 2.74. The number of nitrogens with zero attached hydrogens (tertiary/aromatic N) is 3. The van der Waals surface area contributed by atoms with Crippen LogP contribution < -0.4 is 5.32 Å². The monoisotopic (exact) mass is 392 g/mol. The van der Waals surface area contributed by atoms with Crippen molar-refractivity contribution >= 4 is 11.9 Å². The number of piperidine rings is 1. The zero-order valence-electron chi connectivity index (χ0n) is 17.8. The summed E-state index contributed by atoms with van der Waals surface area (Å²) < 4.78 is 0. The lowest BCUT2D eigenvalue weighted by Crippen LogP contribution is -2.44. The number of carbonyl (C=O) groups is 1. The molecular formula is C24H32N4O. The minimum Gasteiger partial charge on any atom is -0.363 e. The Hall–Kier alpha value is -2.82. The lowest BCUT2D eigenvalue weighted by Gasteiger charge is -2.32. The highest BCUT2D eigenvalue weighted by Gasteiger charge is 2.22. The Bertz CT molecular complexity index is 807. The predicted octanol–water partition coefficient (Wildman–Crippen LogP) is 3.79. The van der Waals surface area contributed by atoms with Gasteiger partial charge in [0.2, 0.25) is 0 Å². The molecule has 0 atom stereocenters. The fourth-order valence-corrected chi connectivity index (χ4v) is 3.94. The highest BCUT2D eigenvalue weighted by atomic mass is 16.2. The number of likely N-dealkylation sites (tertiary alicyclic amines) is 1. The first-order valence-electron chi connectivity index (χ1n) is 10.4. The smallest absolute Gasteiger partial charge is 0.317 e. The number of benzene rings is 2. The lowest BCUT2D eigenvalue weighted by atomic mass is 9.90. The van der Waals surface area contributed by atoms with Crippen LogP contribution in [0.1, 0.15) is 29.5 Å². The Morgan fingerprint density at radius 3 is 2.28 bits per heavy atom. The van der Waals surface area contributed by atoms with Gasteiger partial charge in [-0.1, -0.05) is 54.6 Å². The van der Waals surface area contributed by atoms with Gasteiger partial charge in [-0.05, 0) is 36.3 Å². The lowest BCUT2D eigenvalue weighted by molar-refractivity contribution is 0.170. The van der Waals surface area contributed by atoms with Crippen molar-refractivity contribution in [1.82, 2.24) is 15.1 Å². The van der Waals surface area contributed by atoms with Crippen LogP contribution in [-0.2, 0) is 13.0 Å². The van der Waals surface area contributed by atoms with Gasteiger partial charge in [0.25, 0.3) is 0 Å². The van der Waals surface area contributed by atoms with Crippen LogP contribution >= 0.6 is 0 Å². The van der Waals surface area contributed by atoms with Crippen LogP contribution in [0.2, 0.25) is 0 Å². The molecule has 1 fully saturated rings. The molecule has 0 bridgehead atoms. The Morgan fingerprint density at radius 1 is 1.03 bits per heavy atom. The fraction of sp³-hybridized carbons (Fsp3) is 0.417. The third kappa shape index (κ3) is 5.83. The summed E-state index contributed by atoms with van der Waals surface area (Å²) >= 11 is 0. The maximum Gasteiger partial charge on any atom is 0.317 e. The van der Waals surface area contributed by atoms with E-state index in [0.29, 0.717) is 12.5 Å². The van der Waals surface area contributed by atoms with Gasteiger partial charge in [-0.2, -0.15) is 0 Å². The zero-order chi connectivity index (χ0) is 20.6. The van der Waals surface area contributed by atoms with Crippen molar-refractivity contribution in [3.05, 3.63) is 71.3 Å². The second-order valence-corrected chi connectivity index (χ2v) is 7.92. The zero-order valence-corrected chi connectivity index (χ0v) is 17.8. The van der Waals surface area contributed by atoms with Crippen LogP contribution in [0.5, 0.6) is 0 Å². The van der Waals surface area contributed by atoms with Crippen molar-refractivity contribution in [1.29, 1.82) is 0 Å². The number of nitrogens with one attached hydrogen (secondary N) is 1. The van der Waals surface area contributed by atoms with Crippen LogP contribution in [-0.4, -0.2) is 55.9 Å². The Morgan fingerprint density at radius 2 is 1.69 bits per heavy atom. The molecular weight excluding hydrogens is 360 g/mol. The van der Waals surface area contributed by atoms with Crippen molar-refractivity contribution in [2.45, 2.75) is 25.8 Å². The van der Waals surface area contributed by atoms with Gasteiger partial charge in [0.1, 0.15) is 5.84 Å². The molecule has 1 aliphatic heterocycles. The molecule has 2 aromatic rings. The first-order chi connectivity index (χ1) is 14.1. The number of rotatable bonds is 5. The molecule has 2 amide bonds. The van der Waals surface area contributed by atoms with Crippen LogP contribution in [0.4, 0.5) is 4.79 Å². The molecule has 0 saturated carbocycles. The first kappa shape index (κ1) is 20.9. The molecule has 0 aromatic heterocycles. The maximum atomic E-state index is 12.5. The van der Waals surface area contributed by atoms with Crippen molar-refractivity contribution in [3.8, 4) is 0 Å². The molecule has 0 spiro atoms. The van der Waals surface area contributed by atoms with Gasteiger partial charge in [-0.15, -0.1) is 0 Å². The Labute approximate surface area is 174 Å². The van der Waals surface area contributed by atoms with E-state index in [2.05, 4.69) is 64.9 Å². The third-order valence-corrected chi connectivity index (χ3v) is 5.56. The first-order valence-corrected chi connectivity index (χ1v) is 10.4. The van der Waals surface area contributed by atoms with Crippen LogP contribution in [0, 0.1) is 5.92 Å². The second-order valence-electron chi connectivity index (χ2n) is 7.92. The number of amidine groups is 1. The maximum absolute atomic E-state index is 12.5. The molecule has 1 heterocycles. The van der Waals surface area contributed by atoms with Crippen molar-refractivity contribution in [2.24, 2.45) is 10.9 Å². The van der Waals surface area contributed by atoms with Gasteiger partial charge in [-0.3, -0.25) is 4.99 Å². The SMILES string of the molecule is CN=C(c1ccc(CNC(=O)N2CCC(Cc3ccccc3)CC2)cc1)N(C)C. The van der Waals surface area contributed by atoms with Crippen molar-refractivity contribution < 1.29 is 4.79 Å². The second kappa shape index (κ2) is 10.1. The molecule has 1 N–H and O–H groups in total. The summed E-state index contributed by atoms with van der Waals surface area (Å²) in [4.78, 5) is 20.8. The summed E-state index contributed by atoms with van der Waals surface area (Å²) in [6, 6.07) is 18.9. The number of hydrogen-bond donors (Lipinski definition) is 1. The molecule has 5 heteroatoms. The highest BCUT2D eigenvalue weighted by Crippen LogP contribution is 2.21. The van der Waals surface area contributed by atoms with Gasteiger partial charge in [-0.25, -0.2) is 4.79 Å². The number of hydrogen-bond acceptors (Lipinski definition) is 2. The normalized spacial score (nSPS) is 15.3. The highest BCUT2D eigenvalue weighted by molar-refractivity contribution is 5.98. The number of aliphatic imine (C=N–C) groups is 1. The van der Waals surface area contributed by atoms with E-state index >= 15 is 0 Å². The molecule has 0 aliphatic carbocycles. The summed E-state index contributed by atoms with van der Waals surface area (Å²) in [5.41, 5.74) is 3.56. The van der Waals surface area contributed by atoms with E-state index in [1.54, 1.807) is 7.05 Å². The van der Waals surface area contributed by atoms with Crippen LogP contribution in [0.15, 0.2) is 59.6 Å². The number of urea groups is 1. The largest absolute Gasteiger partial charge is 0.363 e. The third-order valence-electron chi connectivity index (χ3n) is 5.56. The van der Waals surface area contributed by atoms with Gasteiger partial charge < -0.3 is 15.1 Å². The average molecular weight is 393 g/mol. The van der Waals surface area contributed by atoms with Gasteiger partial charge in [0.15, 0.2) is 0 Å².